The number of aromatic hydroxyl groups is 1. The van der Waals surface area contributed by atoms with Crippen LogP contribution in [0.25, 0.3) is 0 Å². The number of phenolic OH excluding ortho intramolecular Hbond substituents is 1. The van der Waals surface area contributed by atoms with Crippen LogP contribution < -0.4 is 10.5 Å². The van der Waals surface area contributed by atoms with Crippen molar-refractivity contribution >= 4 is 11.9 Å². The molecular weight excluding hydrogens is 488 g/mol. The number of hydrogen-bond acceptors (Lipinski definition) is 9. The van der Waals surface area contributed by atoms with Crippen molar-refractivity contribution in [2.24, 2.45) is 5.73 Å². The molecule has 0 aromatic heterocycles. The number of ether oxygens (including phenoxy) is 3. The molecule has 1 saturated heterocycles. The molecule has 200 valence electrons. The summed E-state index contributed by atoms with van der Waals surface area (Å²) in [4.78, 5) is 27.8. The summed E-state index contributed by atoms with van der Waals surface area (Å²) in [5, 5.41) is 22.8. The Bertz CT molecular complexity index is 1330. The lowest BCUT2D eigenvalue weighted by Crippen LogP contribution is -2.74. The van der Waals surface area contributed by atoms with E-state index in [4.69, 9.17) is 19.9 Å². The molecule has 2 aliphatic heterocycles. The Hall–Kier alpha value is -3.40. The van der Waals surface area contributed by atoms with E-state index in [-0.39, 0.29) is 30.4 Å². The topological polar surface area (TPSA) is 132 Å². The summed E-state index contributed by atoms with van der Waals surface area (Å²) in [5.74, 6) is -0.879. The first-order valence-electron chi connectivity index (χ1n) is 13.0. The van der Waals surface area contributed by atoms with Gasteiger partial charge in [-0.1, -0.05) is 36.4 Å². The second-order valence-corrected chi connectivity index (χ2v) is 10.9. The van der Waals surface area contributed by atoms with Crippen LogP contribution in [0.4, 0.5) is 0 Å². The number of rotatable bonds is 6. The number of likely N-dealkylation sites (N-methyl/N-ethyl adjacent to an activating group) is 1. The number of nitrogens with two attached hydrogens (primary N) is 1. The van der Waals surface area contributed by atoms with Gasteiger partial charge in [0.25, 0.3) is 0 Å². The summed E-state index contributed by atoms with van der Waals surface area (Å²) in [5.41, 5.74) is 6.70. The first kappa shape index (κ1) is 24.9. The number of benzene rings is 2. The van der Waals surface area contributed by atoms with Gasteiger partial charge >= 0.3 is 11.9 Å². The molecule has 2 heterocycles. The fraction of sp³-hybridized carbons (Fsp3) is 0.448. The maximum absolute atomic E-state index is 13.1. The Labute approximate surface area is 220 Å². The van der Waals surface area contributed by atoms with Crippen molar-refractivity contribution in [3.63, 3.8) is 0 Å². The molecule has 4 N–H and O–H groups in total. The maximum Gasteiger partial charge on any atom is 0.352 e. The number of carbonyl (C=O) groups is 2. The summed E-state index contributed by atoms with van der Waals surface area (Å²) in [7, 11) is 2.00. The Morgan fingerprint density at radius 2 is 1.97 bits per heavy atom. The molecule has 1 fully saturated rings. The van der Waals surface area contributed by atoms with E-state index >= 15 is 0 Å². The second kappa shape index (κ2) is 8.83. The molecule has 0 radical (unpaired) electrons. The number of carbonyl (C=O) groups excluding carboxylic acids is 2. The van der Waals surface area contributed by atoms with Crippen LogP contribution in [0.5, 0.6) is 11.5 Å². The fourth-order valence-electron chi connectivity index (χ4n) is 6.90. The molecule has 0 amide bonds. The maximum atomic E-state index is 13.1. The Kier molecular flexibility index (Phi) is 5.79. The first-order valence-corrected chi connectivity index (χ1v) is 13.0. The van der Waals surface area contributed by atoms with Gasteiger partial charge in [0.05, 0.1) is 11.0 Å². The lowest BCUT2D eigenvalue weighted by Gasteiger charge is -2.61. The lowest BCUT2D eigenvalue weighted by molar-refractivity contribution is -0.175. The number of aliphatic hydroxyl groups is 1. The molecule has 1 spiro atoms. The minimum Gasteiger partial charge on any atom is -0.504 e. The molecule has 6 atom stereocenters. The SMILES string of the molecule is C[C@H](OC(=O)[C@@H](N)Cc1ccccc1)C(=O)OC1=CC[C@@]2(O)[C@@H]3Cc4ccc(O)c5c4[C@@]2(CCN3C)[C@H]1O5. The number of esters is 2. The normalized spacial score (nSPS) is 30.4. The van der Waals surface area contributed by atoms with Gasteiger partial charge in [-0.2, -0.15) is 0 Å². The molecule has 2 bridgehead atoms. The summed E-state index contributed by atoms with van der Waals surface area (Å²) in [6, 6.07) is 11.7. The number of likely N-dealkylation sites (tertiary alicyclic amines) is 1. The van der Waals surface area contributed by atoms with Crippen molar-refractivity contribution in [2.75, 3.05) is 13.6 Å². The highest BCUT2D eigenvalue weighted by Gasteiger charge is 2.72. The summed E-state index contributed by atoms with van der Waals surface area (Å²) >= 11 is 0. The minimum absolute atomic E-state index is 0.00682. The van der Waals surface area contributed by atoms with E-state index in [1.807, 2.05) is 43.4 Å². The van der Waals surface area contributed by atoms with Gasteiger partial charge in [0.2, 0.25) is 0 Å². The van der Waals surface area contributed by atoms with E-state index in [1.54, 1.807) is 12.1 Å². The monoisotopic (exact) mass is 520 g/mol. The van der Waals surface area contributed by atoms with Crippen molar-refractivity contribution in [3.8, 4) is 11.5 Å². The van der Waals surface area contributed by atoms with Gasteiger partial charge < -0.3 is 35.1 Å². The molecule has 4 aliphatic rings. The van der Waals surface area contributed by atoms with Crippen molar-refractivity contribution in [1.29, 1.82) is 0 Å². The van der Waals surface area contributed by atoms with Crippen molar-refractivity contribution < 1.29 is 34.0 Å². The zero-order valence-corrected chi connectivity index (χ0v) is 21.4. The highest BCUT2D eigenvalue weighted by molar-refractivity contribution is 5.82. The van der Waals surface area contributed by atoms with E-state index in [9.17, 15) is 19.8 Å². The Morgan fingerprint density at radius 3 is 2.74 bits per heavy atom. The quantitative estimate of drug-likeness (QED) is 0.487. The molecule has 9 nitrogen and oxygen atoms in total. The van der Waals surface area contributed by atoms with Crippen molar-refractivity contribution in [1.82, 2.24) is 4.90 Å². The van der Waals surface area contributed by atoms with E-state index in [1.165, 1.54) is 6.92 Å². The summed E-state index contributed by atoms with van der Waals surface area (Å²) in [6.07, 6.45) is 1.43. The van der Waals surface area contributed by atoms with Gasteiger partial charge in [-0.25, -0.2) is 4.79 Å². The van der Waals surface area contributed by atoms with Crippen LogP contribution in [0.3, 0.4) is 0 Å². The zero-order valence-electron chi connectivity index (χ0n) is 21.4. The van der Waals surface area contributed by atoms with Crippen LogP contribution in [0.15, 0.2) is 54.3 Å². The number of hydrogen-bond donors (Lipinski definition) is 3. The summed E-state index contributed by atoms with van der Waals surface area (Å²) < 4.78 is 17.4. The van der Waals surface area contributed by atoms with Gasteiger partial charge in [-0.15, -0.1) is 0 Å². The Morgan fingerprint density at radius 1 is 1.21 bits per heavy atom. The molecule has 2 aromatic rings. The fourth-order valence-corrected chi connectivity index (χ4v) is 6.90. The second-order valence-electron chi connectivity index (χ2n) is 10.9. The van der Waals surface area contributed by atoms with E-state index < -0.39 is 41.2 Å². The zero-order chi connectivity index (χ0) is 26.8. The highest BCUT2D eigenvalue weighted by atomic mass is 16.6. The highest BCUT2D eigenvalue weighted by Crippen LogP contribution is 2.65. The van der Waals surface area contributed by atoms with Gasteiger partial charge in [0.15, 0.2) is 23.7 Å². The van der Waals surface area contributed by atoms with Gasteiger partial charge in [0.1, 0.15) is 11.8 Å². The number of nitrogens with zero attached hydrogens (tertiary/aromatic N) is 1. The first-order chi connectivity index (χ1) is 18.2. The van der Waals surface area contributed by atoms with Crippen molar-refractivity contribution in [2.45, 2.75) is 67.9 Å². The standard InChI is InChI=1S/C29H32N2O7/c1-16(36-27(34)19(30)14-17-6-4-3-5-7-17)26(33)37-21-10-11-29(35)22-15-18-8-9-20(32)24-23(18)28(29,25(21)38-24)12-13-31(22)2/h3-10,16,19,22,25,32,35H,11-15,30H2,1-2H3/t16-,19-,22-,25-,28-,29+/m0/s1. The summed E-state index contributed by atoms with van der Waals surface area (Å²) in [6.45, 7) is 2.16. The number of piperidine rings is 1. The van der Waals surface area contributed by atoms with Crippen LogP contribution in [0.1, 0.15) is 36.5 Å². The molecule has 2 aromatic carbocycles. The third-order valence-electron chi connectivity index (χ3n) is 8.80. The molecule has 9 heteroatoms. The van der Waals surface area contributed by atoms with E-state index in [0.29, 0.717) is 18.6 Å². The van der Waals surface area contributed by atoms with Crippen LogP contribution >= 0.6 is 0 Å². The third kappa shape index (κ3) is 3.49. The average molecular weight is 521 g/mol. The van der Waals surface area contributed by atoms with Crippen LogP contribution in [0, 0.1) is 0 Å². The molecule has 38 heavy (non-hydrogen) atoms. The van der Waals surface area contributed by atoms with Gasteiger partial charge in [-0.05, 0) is 63.0 Å². The third-order valence-corrected chi connectivity index (χ3v) is 8.80. The van der Waals surface area contributed by atoms with Crippen molar-refractivity contribution in [3.05, 3.63) is 71.0 Å². The van der Waals surface area contributed by atoms with E-state index in [2.05, 4.69) is 4.90 Å². The molecule has 0 saturated carbocycles. The lowest BCUT2D eigenvalue weighted by atomic mass is 9.50. The molecule has 6 rings (SSSR count). The predicted molar refractivity (Wildman–Crippen MR) is 136 cm³/mol. The average Bonchev–Trinajstić information content (AvgIpc) is 3.26. The van der Waals surface area contributed by atoms with Gasteiger partial charge in [-0.3, -0.25) is 4.79 Å². The molecule has 2 aliphatic carbocycles. The molecular formula is C29H32N2O7. The van der Waals surface area contributed by atoms with Crippen LogP contribution in [-0.4, -0.2) is 70.5 Å². The largest absolute Gasteiger partial charge is 0.504 e. The van der Waals surface area contributed by atoms with E-state index in [0.717, 1.165) is 23.2 Å². The predicted octanol–water partition coefficient (Wildman–Crippen LogP) is 1.71. The number of phenols is 1. The smallest absolute Gasteiger partial charge is 0.352 e. The van der Waals surface area contributed by atoms with Crippen LogP contribution in [0.2, 0.25) is 0 Å². The molecule has 0 unspecified atom stereocenters. The Balaban J connectivity index is 1.23. The minimum atomic E-state index is -1.20. The van der Waals surface area contributed by atoms with Crippen LogP contribution in [-0.2, 0) is 37.3 Å². The van der Waals surface area contributed by atoms with Gasteiger partial charge in [0, 0.05) is 18.0 Å².